The molecule has 0 aromatic carbocycles. The van der Waals surface area contributed by atoms with Gasteiger partial charge in [-0.3, -0.25) is 4.79 Å². The molecular weight excluding hydrogens is 156 g/mol. The van der Waals surface area contributed by atoms with Crippen molar-refractivity contribution >= 4 is 12.3 Å². The second-order valence-electron chi connectivity index (χ2n) is 3.23. The van der Waals surface area contributed by atoms with E-state index in [1.54, 1.807) is 6.92 Å². The van der Waals surface area contributed by atoms with Gasteiger partial charge >= 0.3 is 5.97 Å². The van der Waals surface area contributed by atoms with Crippen LogP contribution in [0.5, 0.6) is 0 Å². The number of rotatable bonds is 4. The molecule has 1 rings (SSSR count). The summed E-state index contributed by atoms with van der Waals surface area (Å²) in [5.41, 5.74) is -0.447. The molecule has 12 heavy (non-hydrogen) atoms. The molecule has 3 heteroatoms. The maximum Gasteiger partial charge on any atom is 0.312 e. The summed E-state index contributed by atoms with van der Waals surface area (Å²) in [7, 11) is 0. The molecule has 0 heterocycles. The van der Waals surface area contributed by atoms with Crippen molar-refractivity contribution in [3.8, 4) is 0 Å². The molecule has 0 amide bonds. The zero-order valence-electron chi connectivity index (χ0n) is 7.34. The molecular formula is C9H14O3. The first-order chi connectivity index (χ1) is 5.75. The standard InChI is InChI=1S/C9H14O3/c1-2-12-8(11)9(6-7-10)4-3-5-9/h7H,2-6H2,1H3. The molecule has 3 nitrogen and oxygen atoms in total. The second-order valence-corrected chi connectivity index (χ2v) is 3.23. The Kier molecular flexibility index (Phi) is 2.84. The molecule has 1 saturated carbocycles. The van der Waals surface area contributed by atoms with Crippen LogP contribution in [0.15, 0.2) is 0 Å². The molecule has 1 aliphatic carbocycles. The van der Waals surface area contributed by atoms with Gasteiger partial charge in [-0.25, -0.2) is 0 Å². The summed E-state index contributed by atoms with van der Waals surface area (Å²) < 4.78 is 4.90. The summed E-state index contributed by atoms with van der Waals surface area (Å²) in [5.74, 6) is -0.191. The molecule has 0 radical (unpaired) electrons. The predicted octanol–water partition coefficient (Wildman–Crippen LogP) is 1.31. The summed E-state index contributed by atoms with van der Waals surface area (Å²) in [5, 5.41) is 0. The monoisotopic (exact) mass is 170 g/mol. The van der Waals surface area contributed by atoms with E-state index in [-0.39, 0.29) is 5.97 Å². The average Bonchev–Trinajstić information content (AvgIpc) is 1.97. The Balaban J connectivity index is 2.53. The zero-order chi connectivity index (χ0) is 9.03. The predicted molar refractivity (Wildman–Crippen MR) is 43.6 cm³/mol. The smallest absolute Gasteiger partial charge is 0.312 e. The van der Waals surface area contributed by atoms with Crippen LogP contribution < -0.4 is 0 Å². The van der Waals surface area contributed by atoms with Crippen molar-refractivity contribution in [1.29, 1.82) is 0 Å². The lowest BCUT2D eigenvalue weighted by atomic mass is 9.67. The number of ether oxygens (including phenoxy) is 1. The first kappa shape index (κ1) is 9.23. The minimum absolute atomic E-state index is 0.191. The van der Waals surface area contributed by atoms with Gasteiger partial charge in [-0.05, 0) is 19.8 Å². The van der Waals surface area contributed by atoms with Crippen LogP contribution in [0.3, 0.4) is 0 Å². The summed E-state index contributed by atoms with van der Waals surface area (Å²) in [6.45, 7) is 2.19. The quantitative estimate of drug-likeness (QED) is 0.472. The summed E-state index contributed by atoms with van der Waals surface area (Å²) in [6.07, 6.45) is 3.80. The molecule has 0 spiro atoms. The fourth-order valence-corrected chi connectivity index (χ4v) is 1.54. The van der Waals surface area contributed by atoms with Gasteiger partial charge < -0.3 is 9.53 Å². The Labute approximate surface area is 72.1 Å². The van der Waals surface area contributed by atoms with Crippen LogP contribution in [-0.2, 0) is 14.3 Å². The van der Waals surface area contributed by atoms with Gasteiger partial charge in [0.15, 0.2) is 0 Å². The van der Waals surface area contributed by atoms with Crippen LogP contribution in [0.2, 0.25) is 0 Å². The summed E-state index contributed by atoms with van der Waals surface area (Å²) >= 11 is 0. The third kappa shape index (κ3) is 1.49. The van der Waals surface area contributed by atoms with E-state index in [1.807, 2.05) is 0 Å². The van der Waals surface area contributed by atoms with Gasteiger partial charge in [0.1, 0.15) is 6.29 Å². The van der Waals surface area contributed by atoms with E-state index in [0.29, 0.717) is 13.0 Å². The van der Waals surface area contributed by atoms with Crippen molar-refractivity contribution in [2.24, 2.45) is 5.41 Å². The third-order valence-electron chi connectivity index (χ3n) is 2.49. The van der Waals surface area contributed by atoms with Gasteiger partial charge in [0, 0.05) is 6.42 Å². The zero-order valence-corrected chi connectivity index (χ0v) is 7.34. The van der Waals surface area contributed by atoms with Crippen LogP contribution >= 0.6 is 0 Å². The lowest BCUT2D eigenvalue weighted by Gasteiger charge is -2.37. The highest BCUT2D eigenvalue weighted by Crippen LogP contribution is 2.44. The SMILES string of the molecule is CCOC(=O)C1(CC=O)CCC1. The van der Waals surface area contributed by atoms with E-state index in [4.69, 9.17) is 4.74 Å². The Bertz CT molecular complexity index is 182. The number of hydrogen-bond acceptors (Lipinski definition) is 3. The van der Waals surface area contributed by atoms with Gasteiger partial charge in [0.2, 0.25) is 0 Å². The minimum Gasteiger partial charge on any atom is -0.466 e. The van der Waals surface area contributed by atoms with Crippen LogP contribution in [0.25, 0.3) is 0 Å². The van der Waals surface area contributed by atoms with E-state index in [0.717, 1.165) is 25.5 Å². The van der Waals surface area contributed by atoms with Gasteiger partial charge in [0.25, 0.3) is 0 Å². The normalized spacial score (nSPS) is 19.4. The minimum atomic E-state index is -0.447. The highest BCUT2D eigenvalue weighted by atomic mass is 16.5. The Hall–Kier alpha value is -0.860. The third-order valence-corrected chi connectivity index (χ3v) is 2.49. The molecule has 0 atom stereocenters. The molecule has 0 unspecified atom stereocenters. The van der Waals surface area contributed by atoms with Gasteiger partial charge in [-0.15, -0.1) is 0 Å². The average molecular weight is 170 g/mol. The topological polar surface area (TPSA) is 43.4 Å². The largest absolute Gasteiger partial charge is 0.466 e. The first-order valence-electron chi connectivity index (χ1n) is 4.36. The van der Waals surface area contributed by atoms with Gasteiger partial charge in [-0.1, -0.05) is 6.42 Å². The van der Waals surface area contributed by atoms with Crippen molar-refractivity contribution in [3.63, 3.8) is 0 Å². The van der Waals surface area contributed by atoms with Gasteiger partial charge in [-0.2, -0.15) is 0 Å². The number of carbonyl (C=O) groups excluding carboxylic acids is 2. The first-order valence-corrected chi connectivity index (χ1v) is 4.36. The highest BCUT2D eigenvalue weighted by Gasteiger charge is 2.44. The van der Waals surface area contributed by atoms with Crippen molar-refractivity contribution in [2.45, 2.75) is 32.6 Å². The Morgan fingerprint density at radius 1 is 1.58 bits per heavy atom. The number of aldehydes is 1. The van der Waals surface area contributed by atoms with Gasteiger partial charge in [0.05, 0.1) is 12.0 Å². The van der Waals surface area contributed by atoms with Crippen LogP contribution in [0, 0.1) is 5.41 Å². The molecule has 0 bridgehead atoms. The molecule has 1 fully saturated rings. The van der Waals surface area contributed by atoms with E-state index < -0.39 is 5.41 Å². The number of carbonyl (C=O) groups is 2. The molecule has 0 aromatic heterocycles. The second kappa shape index (κ2) is 3.70. The van der Waals surface area contributed by atoms with Crippen LogP contribution in [0.1, 0.15) is 32.6 Å². The molecule has 0 saturated heterocycles. The van der Waals surface area contributed by atoms with Crippen LogP contribution in [0.4, 0.5) is 0 Å². The summed E-state index contributed by atoms with van der Waals surface area (Å²) in [4.78, 5) is 21.7. The van der Waals surface area contributed by atoms with E-state index in [9.17, 15) is 9.59 Å². The molecule has 0 aromatic rings. The lowest BCUT2D eigenvalue weighted by Crippen LogP contribution is -2.39. The van der Waals surface area contributed by atoms with Crippen LogP contribution in [-0.4, -0.2) is 18.9 Å². The Morgan fingerprint density at radius 2 is 2.25 bits per heavy atom. The molecule has 1 aliphatic rings. The van der Waals surface area contributed by atoms with E-state index >= 15 is 0 Å². The lowest BCUT2D eigenvalue weighted by molar-refractivity contribution is -0.162. The van der Waals surface area contributed by atoms with E-state index in [1.165, 1.54) is 0 Å². The Morgan fingerprint density at radius 3 is 2.58 bits per heavy atom. The van der Waals surface area contributed by atoms with Crippen molar-refractivity contribution in [1.82, 2.24) is 0 Å². The fraction of sp³-hybridized carbons (Fsp3) is 0.778. The van der Waals surface area contributed by atoms with Crippen molar-refractivity contribution in [3.05, 3.63) is 0 Å². The maximum atomic E-state index is 11.4. The van der Waals surface area contributed by atoms with Crippen molar-refractivity contribution < 1.29 is 14.3 Å². The maximum absolute atomic E-state index is 11.4. The fourth-order valence-electron chi connectivity index (χ4n) is 1.54. The molecule has 0 aliphatic heterocycles. The van der Waals surface area contributed by atoms with Crippen molar-refractivity contribution in [2.75, 3.05) is 6.61 Å². The van der Waals surface area contributed by atoms with E-state index in [2.05, 4.69) is 0 Å². The molecule has 68 valence electrons. The molecule has 0 N–H and O–H groups in total. The number of hydrogen-bond donors (Lipinski definition) is 0. The summed E-state index contributed by atoms with van der Waals surface area (Å²) in [6, 6.07) is 0. The highest BCUT2D eigenvalue weighted by molar-refractivity contribution is 5.80. The number of esters is 1.